The number of aromatic nitrogens is 1. The number of anilines is 3. The third-order valence-electron chi connectivity index (χ3n) is 4.59. The number of hydrogen-bond donors (Lipinski definition) is 3. The summed E-state index contributed by atoms with van der Waals surface area (Å²) in [6.07, 6.45) is 0.701. The van der Waals surface area contributed by atoms with Crippen molar-refractivity contribution in [2.75, 3.05) is 16.0 Å². The number of para-hydroxylation sites is 2. The Balaban J connectivity index is 1.38. The highest BCUT2D eigenvalue weighted by atomic mass is 32.2. The monoisotopic (exact) mass is 478 g/mol. The average molecular weight is 479 g/mol. The molecule has 1 heterocycles. The van der Waals surface area contributed by atoms with E-state index in [1.165, 1.54) is 23.1 Å². The minimum atomic E-state index is -0.230. The van der Waals surface area contributed by atoms with E-state index in [2.05, 4.69) is 20.9 Å². The van der Waals surface area contributed by atoms with Gasteiger partial charge in [-0.3, -0.25) is 4.79 Å². The number of nitrogens with one attached hydrogen (secondary N) is 3. The van der Waals surface area contributed by atoms with Gasteiger partial charge < -0.3 is 16.0 Å². The maximum Gasteiger partial charge on any atom is 0.239 e. The highest BCUT2D eigenvalue weighted by Gasteiger charge is 2.19. The molecule has 32 heavy (non-hydrogen) atoms. The average Bonchev–Trinajstić information content (AvgIpc) is 3.20. The smallest absolute Gasteiger partial charge is 0.239 e. The van der Waals surface area contributed by atoms with Crippen molar-refractivity contribution in [3.8, 4) is 0 Å². The standard InChI is InChI=1S/C24H22N4OS3/c1-2-20(22(29)28-24-27-19-13-6-7-14-21(19)32-24)31-18-12-8-11-17(15-18)26-23(30)25-16-9-4-3-5-10-16/h3-15,20H,2H2,1H3,(H2,25,26,30)(H,27,28,29). The van der Waals surface area contributed by atoms with Crippen LogP contribution in [0.25, 0.3) is 10.2 Å². The van der Waals surface area contributed by atoms with Gasteiger partial charge >= 0.3 is 0 Å². The molecule has 162 valence electrons. The van der Waals surface area contributed by atoms with E-state index in [0.29, 0.717) is 16.7 Å². The maximum atomic E-state index is 12.9. The summed E-state index contributed by atoms with van der Waals surface area (Å²) in [5, 5.41) is 10.3. The van der Waals surface area contributed by atoms with Gasteiger partial charge in [0.25, 0.3) is 0 Å². The van der Waals surface area contributed by atoms with Crippen molar-refractivity contribution in [1.82, 2.24) is 4.98 Å². The topological polar surface area (TPSA) is 66.0 Å². The first-order valence-electron chi connectivity index (χ1n) is 10.2. The molecule has 0 saturated carbocycles. The molecule has 8 heteroatoms. The normalized spacial score (nSPS) is 11.7. The number of benzene rings is 3. The van der Waals surface area contributed by atoms with E-state index in [1.807, 2.05) is 85.8 Å². The van der Waals surface area contributed by atoms with Crippen molar-refractivity contribution in [1.29, 1.82) is 0 Å². The lowest BCUT2D eigenvalue weighted by atomic mass is 10.3. The number of carbonyl (C=O) groups excluding carboxylic acids is 1. The summed E-state index contributed by atoms with van der Waals surface area (Å²) in [6, 6.07) is 25.5. The summed E-state index contributed by atoms with van der Waals surface area (Å²) < 4.78 is 1.06. The number of fused-ring (bicyclic) bond motifs is 1. The number of amides is 1. The summed E-state index contributed by atoms with van der Waals surface area (Å²) in [4.78, 5) is 18.4. The molecule has 1 amide bonds. The fourth-order valence-electron chi connectivity index (χ4n) is 3.06. The van der Waals surface area contributed by atoms with Gasteiger partial charge in [-0.25, -0.2) is 4.98 Å². The van der Waals surface area contributed by atoms with Crippen molar-refractivity contribution in [2.24, 2.45) is 0 Å². The minimum Gasteiger partial charge on any atom is -0.332 e. The van der Waals surface area contributed by atoms with Crippen LogP contribution in [0.5, 0.6) is 0 Å². The molecular formula is C24H22N4OS3. The van der Waals surface area contributed by atoms with Gasteiger partial charge in [-0.1, -0.05) is 54.7 Å². The van der Waals surface area contributed by atoms with Crippen molar-refractivity contribution in [3.63, 3.8) is 0 Å². The Labute approximate surface area is 200 Å². The Bertz CT molecular complexity index is 1190. The number of thiocarbonyl (C=S) groups is 1. The van der Waals surface area contributed by atoms with Gasteiger partial charge in [0.15, 0.2) is 10.2 Å². The van der Waals surface area contributed by atoms with Gasteiger partial charge in [0.1, 0.15) is 0 Å². The lowest BCUT2D eigenvalue weighted by molar-refractivity contribution is -0.115. The van der Waals surface area contributed by atoms with E-state index in [9.17, 15) is 4.79 Å². The molecule has 3 aromatic carbocycles. The zero-order valence-electron chi connectivity index (χ0n) is 17.4. The van der Waals surface area contributed by atoms with Crippen molar-refractivity contribution in [3.05, 3.63) is 78.9 Å². The molecule has 0 saturated heterocycles. The molecular weight excluding hydrogens is 456 g/mol. The van der Waals surface area contributed by atoms with Crippen molar-refractivity contribution >= 4 is 73.1 Å². The van der Waals surface area contributed by atoms with Crippen LogP contribution in [0, 0.1) is 0 Å². The Morgan fingerprint density at radius 1 is 0.969 bits per heavy atom. The fourth-order valence-corrected chi connectivity index (χ4v) is 5.18. The molecule has 0 aliphatic rings. The summed E-state index contributed by atoms with van der Waals surface area (Å²) >= 11 is 8.43. The van der Waals surface area contributed by atoms with Crippen LogP contribution in [0.15, 0.2) is 83.8 Å². The molecule has 5 nitrogen and oxygen atoms in total. The lowest BCUT2D eigenvalue weighted by Gasteiger charge is -2.15. The van der Waals surface area contributed by atoms with Gasteiger partial charge in [-0.05, 0) is 61.1 Å². The molecule has 0 bridgehead atoms. The SMILES string of the molecule is CCC(Sc1cccc(NC(=S)Nc2ccccc2)c1)C(=O)Nc1nc2ccccc2s1. The predicted octanol–water partition coefficient (Wildman–Crippen LogP) is 6.61. The summed E-state index contributed by atoms with van der Waals surface area (Å²) in [5.74, 6) is -0.0452. The second kappa shape index (κ2) is 10.6. The maximum absolute atomic E-state index is 12.9. The first-order chi connectivity index (χ1) is 15.6. The van der Waals surface area contributed by atoms with Crippen LogP contribution in [-0.4, -0.2) is 21.3 Å². The zero-order valence-corrected chi connectivity index (χ0v) is 19.8. The Hall–Kier alpha value is -2.94. The summed E-state index contributed by atoms with van der Waals surface area (Å²) in [5.41, 5.74) is 2.69. The molecule has 0 radical (unpaired) electrons. The van der Waals surface area contributed by atoms with E-state index in [4.69, 9.17) is 12.2 Å². The van der Waals surface area contributed by atoms with E-state index < -0.39 is 0 Å². The van der Waals surface area contributed by atoms with E-state index in [-0.39, 0.29) is 11.2 Å². The Morgan fingerprint density at radius 3 is 2.47 bits per heavy atom. The van der Waals surface area contributed by atoms with Gasteiger partial charge in [0.2, 0.25) is 5.91 Å². The summed E-state index contributed by atoms with van der Waals surface area (Å²) in [7, 11) is 0. The first kappa shape index (κ1) is 22.3. The van der Waals surface area contributed by atoms with E-state index in [1.54, 1.807) is 0 Å². The van der Waals surface area contributed by atoms with Crippen molar-refractivity contribution < 1.29 is 4.79 Å². The molecule has 0 fully saturated rings. The number of thioether (sulfide) groups is 1. The third-order valence-corrected chi connectivity index (χ3v) is 7.10. The first-order valence-corrected chi connectivity index (χ1v) is 12.3. The number of thiazole rings is 1. The second-order valence-electron chi connectivity index (χ2n) is 6.96. The molecule has 1 atom stereocenters. The number of hydrogen-bond acceptors (Lipinski definition) is 5. The van der Waals surface area contributed by atoms with Gasteiger partial charge in [-0.2, -0.15) is 0 Å². The summed E-state index contributed by atoms with van der Waals surface area (Å²) in [6.45, 7) is 2.01. The highest BCUT2D eigenvalue weighted by Crippen LogP contribution is 2.30. The second-order valence-corrected chi connectivity index (χ2v) is 9.68. The van der Waals surface area contributed by atoms with Crippen LogP contribution in [0.4, 0.5) is 16.5 Å². The number of carbonyl (C=O) groups is 1. The lowest BCUT2D eigenvalue weighted by Crippen LogP contribution is -2.24. The van der Waals surface area contributed by atoms with Crippen LogP contribution in [0.3, 0.4) is 0 Å². The van der Waals surface area contributed by atoms with E-state index >= 15 is 0 Å². The van der Waals surface area contributed by atoms with Gasteiger partial charge in [0, 0.05) is 16.3 Å². The number of rotatable bonds is 7. The number of nitrogens with zero attached hydrogens (tertiary/aromatic N) is 1. The molecule has 3 N–H and O–H groups in total. The quantitative estimate of drug-likeness (QED) is 0.205. The largest absolute Gasteiger partial charge is 0.332 e. The molecule has 1 aromatic heterocycles. The van der Waals surface area contributed by atoms with Crippen LogP contribution in [0.1, 0.15) is 13.3 Å². The van der Waals surface area contributed by atoms with Crippen molar-refractivity contribution in [2.45, 2.75) is 23.5 Å². The van der Waals surface area contributed by atoms with Crippen LogP contribution < -0.4 is 16.0 Å². The third kappa shape index (κ3) is 5.85. The van der Waals surface area contributed by atoms with Gasteiger partial charge in [-0.15, -0.1) is 11.8 Å². The molecule has 0 aliphatic carbocycles. The predicted molar refractivity (Wildman–Crippen MR) is 141 cm³/mol. The molecule has 4 aromatic rings. The molecule has 4 rings (SSSR count). The molecule has 0 aliphatic heterocycles. The minimum absolute atomic E-state index is 0.0452. The molecule has 1 unspecified atom stereocenters. The highest BCUT2D eigenvalue weighted by molar-refractivity contribution is 8.00. The van der Waals surface area contributed by atoms with E-state index in [0.717, 1.165) is 26.5 Å². The van der Waals surface area contributed by atoms with Crippen LogP contribution in [0.2, 0.25) is 0 Å². The Morgan fingerprint density at radius 2 is 1.69 bits per heavy atom. The fraction of sp³-hybridized carbons (Fsp3) is 0.125. The van der Waals surface area contributed by atoms with Crippen LogP contribution in [-0.2, 0) is 4.79 Å². The van der Waals surface area contributed by atoms with Crippen LogP contribution >= 0.6 is 35.3 Å². The zero-order chi connectivity index (χ0) is 22.3. The Kier molecular flexibility index (Phi) is 7.36. The molecule has 0 spiro atoms. The van der Waals surface area contributed by atoms with Gasteiger partial charge in [0.05, 0.1) is 15.5 Å².